The minimum atomic E-state index is -3.03. The first-order valence-corrected chi connectivity index (χ1v) is 5.37. The van der Waals surface area contributed by atoms with Gasteiger partial charge in [0.1, 0.15) is 0 Å². The van der Waals surface area contributed by atoms with Crippen LogP contribution in [0.4, 0.5) is 0 Å². The second-order valence-electron chi connectivity index (χ2n) is 2.41. The molecule has 0 aliphatic carbocycles. The molecule has 4 nitrogen and oxygen atoms in total. The summed E-state index contributed by atoms with van der Waals surface area (Å²) in [6, 6.07) is 0. The molecule has 1 unspecified atom stereocenters. The zero-order valence-electron chi connectivity index (χ0n) is 6.87. The SMILES string of the molecule is CCS(=O)(=O)CC(O)CNC. The van der Waals surface area contributed by atoms with E-state index >= 15 is 0 Å². The van der Waals surface area contributed by atoms with Crippen molar-refractivity contribution in [2.45, 2.75) is 13.0 Å². The number of nitrogens with one attached hydrogen (secondary N) is 1. The maximum absolute atomic E-state index is 10.9. The lowest BCUT2D eigenvalue weighted by Crippen LogP contribution is -2.31. The van der Waals surface area contributed by atoms with Gasteiger partial charge in [-0.25, -0.2) is 8.42 Å². The highest BCUT2D eigenvalue weighted by Crippen LogP contribution is 1.93. The molecular weight excluding hydrogens is 166 g/mol. The number of hydrogen-bond acceptors (Lipinski definition) is 4. The van der Waals surface area contributed by atoms with Gasteiger partial charge in [0.05, 0.1) is 11.9 Å². The quantitative estimate of drug-likeness (QED) is 0.571. The minimum absolute atomic E-state index is 0.0910. The molecular formula is C6H15NO3S. The molecule has 68 valence electrons. The maximum Gasteiger partial charge on any atom is 0.152 e. The third-order valence-electron chi connectivity index (χ3n) is 1.33. The average molecular weight is 181 g/mol. The van der Waals surface area contributed by atoms with Crippen molar-refractivity contribution in [3.8, 4) is 0 Å². The van der Waals surface area contributed by atoms with E-state index in [0.717, 1.165) is 0 Å². The lowest BCUT2D eigenvalue weighted by Gasteiger charge is -2.08. The van der Waals surface area contributed by atoms with Crippen LogP contribution in [0.2, 0.25) is 0 Å². The summed E-state index contributed by atoms with van der Waals surface area (Å²) < 4.78 is 21.8. The summed E-state index contributed by atoms with van der Waals surface area (Å²) in [5.41, 5.74) is 0. The van der Waals surface area contributed by atoms with Gasteiger partial charge in [-0.3, -0.25) is 0 Å². The summed E-state index contributed by atoms with van der Waals surface area (Å²) in [4.78, 5) is 0. The Labute approximate surface area is 67.5 Å². The standard InChI is InChI=1S/C6H15NO3S/c1-3-11(9,10)5-6(8)4-7-2/h6-8H,3-5H2,1-2H3. The Morgan fingerprint density at radius 3 is 2.45 bits per heavy atom. The first-order valence-electron chi connectivity index (χ1n) is 3.55. The first kappa shape index (κ1) is 10.9. The zero-order valence-corrected chi connectivity index (χ0v) is 7.69. The van der Waals surface area contributed by atoms with Crippen molar-refractivity contribution >= 4 is 9.84 Å². The normalized spacial score (nSPS) is 14.8. The molecule has 0 spiro atoms. The van der Waals surface area contributed by atoms with Crippen LogP contribution in [0.25, 0.3) is 0 Å². The van der Waals surface area contributed by atoms with Crippen LogP contribution in [0, 0.1) is 0 Å². The van der Waals surface area contributed by atoms with E-state index in [9.17, 15) is 8.42 Å². The molecule has 0 saturated heterocycles. The first-order chi connectivity index (χ1) is 5.02. The molecule has 0 radical (unpaired) electrons. The van der Waals surface area contributed by atoms with Gasteiger partial charge in [0.25, 0.3) is 0 Å². The fraction of sp³-hybridized carbons (Fsp3) is 1.00. The summed E-state index contributed by atoms with van der Waals surface area (Å²) in [5.74, 6) is -0.0574. The molecule has 0 aromatic rings. The lowest BCUT2D eigenvalue weighted by molar-refractivity contribution is 0.197. The summed E-state index contributed by atoms with van der Waals surface area (Å²) in [5, 5.41) is 11.8. The summed E-state index contributed by atoms with van der Waals surface area (Å²) in [7, 11) is -1.36. The average Bonchev–Trinajstić information content (AvgIpc) is 1.87. The molecule has 11 heavy (non-hydrogen) atoms. The third kappa shape index (κ3) is 5.17. The molecule has 0 saturated carbocycles. The van der Waals surface area contributed by atoms with Gasteiger partial charge in [-0.1, -0.05) is 6.92 Å². The number of sulfone groups is 1. The Kier molecular flexibility index (Phi) is 4.63. The zero-order chi connectivity index (χ0) is 8.91. The van der Waals surface area contributed by atoms with Crippen molar-refractivity contribution in [1.29, 1.82) is 0 Å². The van der Waals surface area contributed by atoms with E-state index in [4.69, 9.17) is 5.11 Å². The van der Waals surface area contributed by atoms with Gasteiger partial charge >= 0.3 is 0 Å². The number of aliphatic hydroxyl groups excluding tert-OH is 1. The largest absolute Gasteiger partial charge is 0.391 e. The van der Waals surface area contributed by atoms with Crippen LogP contribution in [0.3, 0.4) is 0 Å². The van der Waals surface area contributed by atoms with Crippen molar-refractivity contribution in [3.05, 3.63) is 0 Å². The highest BCUT2D eigenvalue weighted by atomic mass is 32.2. The van der Waals surface area contributed by atoms with Crippen molar-refractivity contribution in [1.82, 2.24) is 5.32 Å². The Balaban J connectivity index is 3.84. The van der Waals surface area contributed by atoms with Crippen molar-refractivity contribution in [2.24, 2.45) is 0 Å². The molecule has 1 atom stereocenters. The van der Waals surface area contributed by atoms with Crippen LogP contribution in [0.5, 0.6) is 0 Å². The topological polar surface area (TPSA) is 66.4 Å². The number of hydrogen-bond donors (Lipinski definition) is 2. The summed E-state index contributed by atoms with van der Waals surface area (Å²) in [6.45, 7) is 1.89. The van der Waals surface area contributed by atoms with Crippen LogP contribution in [0.15, 0.2) is 0 Å². The highest BCUT2D eigenvalue weighted by molar-refractivity contribution is 7.91. The Bertz CT molecular complexity index is 188. The predicted octanol–water partition coefficient (Wildman–Crippen LogP) is -0.999. The van der Waals surface area contributed by atoms with Crippen molar-refractivity contribution in [3.63, 3.8) is 0 Å². The third-order valence-corrected chi connectivity index (χ3v) is 3.10. The van der Waals surface area contributed by atoms with Crippen LogP contribution >= 0.6 is 0 Å². The molecule has 0 aliphatic heterocycles. The van der Waals surface area contributed by atoms with Crippen LogP contribution in [-0.2, 0) is 9.84 Å². The second kappa shape index (κ2) is 4.69. The summed E-state index contributed by atoms with van der Waals surface area (Å²) in [6.07, 6.45) is -0.787. The van der Waals surface area contributed by atoms with Gasteiger partial charge in [0.15, 0.2) is 9.84 Å². The predicted molar refractivity (Wildman–Crippen MR) is 44.3 cm³/mol. The minimum Gasteiger partial charge on any atom is -0.391 e. The Morgan fingerprint density at radius 1 is 1.55 bits per heavy atom. The van der Waals surface area contributed by atoms with E-state index in [0.29, 0.717) is 6.54 Å². The molecule has 0 rings (SSSR count). The number of rotatable bonds is 5. The van der Waals surface area contributed by atoms with E-state index in [1.54, 1.807) is 14.0 Å². The Morgan fingerprint density at radius 2 is 2.09 bits per heavy atom. The monoisotopic (exact) mass is 181 g/mol. The molecule has 0 heterocycles. The molecule has 0 aliphatic rings. The maximum atomic E-state index is 10.9. The molecule has 0 aromatic heterocycles. The summed E-state index contributed by atoms with van der Waals surface area (Å²) >= 11 is 0. The van der Waals surface area contributed by atoms with Gasteiger partial charge in [0, 0.05) is 12.3 Å². The molecule has 0 aromatic carbocycles. The molecule has 5 heteroatoms. The molecule has 0 amide bonds. The van der Waals surface area contributed by atoms with Gasteiger partial charge in [0.2, 0.25) is 0 Å². The van der Waals surface area contributed by atoms with Crippen molar-refractivity contribution < 1.29 is 13.5 Å². The van der Waals surface area contributed by atoms with Crippen LogP contribution < -0.4 is 5.32 Å². The number of aliphatic hydroxyl groups is 1. The van der Waals surface area contributed by atoms with Gasteiger partial charge < -0.3 is 10.4 Å². The van der Waals surface area contributed by atoms with Crippen LogP contribution in [0.1, 0.15) is 6.92 Å². The van der Waals surface area contributed by atoms with E-state index < -0.39 is 15.9 Å². The lowest BCUT2D eigenvalue weighted by atomic mass is 10.4. The number of likely N-dealkylation sites (N-methyl/N-ethyl adjacent to an activating group) is 1. The van der Waals surface area contributed by atoms with E-state index in [1.807, 2.05) is 0 Å². The van der Waals surface area contributed by atoms with E-state index in [-0.39, 0.29) is 11.5 Å². The molecule has 2 N–H and O–H groups in total. The smallest absolute Gasteiger partial charge is 0.152 e. The highest BCUT2D eigenvalue weighted by Gasteiger charge is 2.13. The fourth-order valence-corrected chi connectivity index (χ4v) is 1.65. The molecule has 0 bridgehead atoms. The van der Waals surface area contributed by atoms with Crippen molar-refractivity contribution in [2.75, 3.05) is 25.1 Å². The van der Waals surface area contributed by atoms with E-state index in [2.05, 4.69) is 5.32 Å². The molecule has 0 fully saturated rings. The second-order valence-corrected chi connectivity index (χ2v) is 4.81. The van der Waals surface area contributed by atoms with Crippen LogP contribution in [-0.4, -0.2) is 44.7 Å². The van der Waals surface area contributed by atoms with Gasteiger partial charge in [-0.15, -0.1) is 0 Å². The fourth-order valence-electron chi connectivity index (χ4n) is 0.706. The van der Waals surface area contributed by atoms with Gasteiger partial charge in [-0.2, -0.15) is 0 Å². The van der Waals surface area contributed by atoms with E-state index in [1.165, 1.54) is 0 Å². The Hall–Kier alpha value is -0.130. The van der Waals surface area contributed by atoms with Gasteiger partial charge in [-0.05, 0) is 7.05 Å².